The van der Waals surface area contributed by atoms with Crippen LogP contribution >= 0.6 is 0 Å². The number of nitrogens with one attached hydrogen (secondary N) is 1. The molecule has 0 heterocycles. The number of carboxylic acids is 1. The first-order chi connectivity index (χ1) is 11.6. The summed E-state index contributed by atoms with van der Waals surface area (Å²) in [5, 5.41) is 13.3. The van der Waals surface area contributed by atoms with Crippen molar-refractivity contribution in [3.05, 3.63) is 36.4 Å². The van der Waals surface area contributed by atoms with Crippen molar-refractivity contribution in [1.82, 2.24) is 0 Å². The number of carboxylic acid groups (broad SMARTS) is 1. The molecule has 0 radical (unpaired) electrons. The molecule has 2 N–H and O–H groups in total. The van der Waals surface area contributed by atoms with E-state index in [1.165, 1.54) is 0 Å². The number of amides is 1. The second-order valence-corrected chi connectivity index (χ2v) is 5.85. The van der Waals surface area contributed by atoms with Gasteiger partial charge in [0, 0.05) is 29.5 Å². The molecule has 24 heavy (non-hydrogen) atoms. The van der Waals surface area contributed by atoms with E-state index in [4.69, 9.17) is 14.6 Å². The summed E-state index contributed by atoms with van der Waals surface area (Å²) in [6.07, 6.45) is 1.64. The Kier molecular flexibility index (Phi) is 4.66. The Labute approximate surface area is 139 Å². The molecule has 6 nitrogen and oxygen atoms in total. The second-order valence-electron chi connectivity index (χ2n) is 5.85. The van der Waals surface area contributed by atoms with Gasteiger partial charge in [-0.3, -0.25) is 4.79 Å². The SMILES string of the molecule is COC1CC(C(=O)Nc2ccc(OCC(=O)O)c3ccccc23)C1. The molecule has 2 aromatic carbocycles. The third kappa shape index (κ3) is 3.33. The van der Waals surface area contributed by atoms with Gasteiger partial charge in [-0.05, 0) is 25.0 Å². The Bertz CT molecular complexity index is 767. The third-order valence-corrected chi connectivity index (χ3v) is 4.29. The van der Waals surface area contributed by atoms with E-state index >= 15 is 0 Å². The van der Waals surface area contributed by atoms with Gasteiger partial charge in [0.05, 0.1) is 6.10 Å². The van der Waals surface area contributed by atoms with Crippen molar-refractivity contribution in [2.45, 2.75) is 18.9 Å². The molecule has 6 heteroatoms. The van der Waals surface area contributed by atoms with Crippen LogP contribution in [0.2, 0.25) is 0 Å². The summed E-state index contributed by atoms with van der Waals surface area (Å²) in [5.74, 6) is -0.604. The lowest BCUT2D eigenvalue weighted by atomic mass is 9.81. The monoisotopic (exact) mass is 329 g/mol. The molecule has 2 aromatic rings. The van der Waals surface area contributed by atoms with Crippen LogP contribution in [0.5, 0.6) is 5.75 Å². The van der Waals surface area contributed by atoms with Crippen LogP contribution in [0.3, 0.4) is 0 Å². The number of ether oxygens (including phenoxy) is 2. The van der Waals surface area contributed by atoms with Crippen molar-refractivity contribution in [2.24, 2.45) is 5.92 Å². The predicted molar refractivity (Wildman–Crippen MR) is 89.2 cm³/mol. The molecule has 1 aliphatic rings. The van der Waals surface area contributed by atoms with Crippen molar-refractivity contribution >= 4 is 28.3 Å². The molecule has 0 bridgehead atoms. The summed E-state index contributed by atoms with van der Waals surface area (Å²) in [6.45, 7) is -0.407. The molecule has 0 aromatic heterocycles. The van der Waals surface area contributed by atoms with Gasteiger partial charge in [0.2, 0.25) is 5.91 Å². The van der Waals surface area contributed by atoms with E-state index < -0.39 is 12.6 Å². The van der Waals surface area contributed by atoms with Crippen molar-refractivity contribution in [3.8, 4) is 5.75 Å². The molecule has 0 atom stereocenters. The van der Waals surface area contributed by atoms with Crippen LogP contribution in [0.1, 0.15) is 12.8 Å². The van der Waals surface area contributed by atoms with E-state index in [0.29, 0.717) is 11.4 Å². The maximum absolute atomic E-state index is 12.3. The number of fused-ring (bicyclic) bond motifs is 1. The average molecular weight is 329 g/mol. The van der Waals surface area contributed by atoms with Gasteiger partial charge in [-0.15, -0.1) is 0 Å². The Balaban J connectivity index is 1.80. The summed E-state index contributed by atoms with van der Waals surface area (Å²) in [7, 11) is 1.65. The van der Waals surface area contributed by atoms with Crippen LogP contribution in [0.4, 0.5) is 5.69 Å². The number of anilines is 1. The molecular formula is C18H19NO5. The number of benzene rings is 2. The van der Waals surface area contributed by atoms with Gasteiger partial charge < -0.3 is 19.9 Å². The quantitative estimate of drug-likeness (QED) is 0.851. The van der Waals surface area contributed by atoms with Gasteiger partial charge in [0.15, 0.2) is 6.61 Å². The maximum Gasteiger partial charge on any atom is 0.341 e. The number of methoxy groups -OCH3 is 1. The molecule has 1 saturated carbocycles. The minimum absolute atomic E-state index is 0.0207. The van der Waals surface area contributed by atoms with Crippen molar-refractivity contribution in [3.63, 3.8) is 0 Å². The number of carbonyl (C=O) groups excluding carboxylic acids is 1. The van der Waals surface area contributed by atoms with Crippen LogP contribution in [-0.4, -0.2) is 36.8 Å². The fourth-order valence-electron chi connectivity index (χ4n) is 2.85. The molecule has 0 unspecified atom stereocenters. The highest BCUT2D eigenvalue weighted by Gasteiger charge is 2.34. The Morgan fingerprint density at radius 1 is 1.17 bits per heavy atom. The Morgan fingerprint density at radius 3 is 2.54 bits per heavy atom. The zero-order chi connectivity index (χ0) is 17.1. The highest BCUT2D eigenvalue weighted by atomic mass is 16.5. The first-order valence-electron chi connectivity index (χ1n) is 7.78. The smallest absolute Gasteiger partial charge is 0.341 e. The number of hydrogen-bond donors (Lipinski definition) is 2. The van der Waals surface area contributed by atoms with Crippen LogP contribution < -0.4 is 10.1 Å². The van der Waals surface area contributed by atoms with E-state index in [2.05, 4.69) is 5.32 Å². The van der Waals surface area contributed by atoms with E-state index in [1.54, 1.807) is 19.2 Å². The van der Waals surface area contributed by atoms with Gasteiger partial charge >= 0.3 is 5.97 Å². The lowest BCUT2D eigenvalue weighted by molar-refractivity contribution is -0.139. The first-order valence-corrected chi connectivity index (χ1v) is 7.78. The lowest BCUT2D eigenvalue weighted by Gasteiger charge is -2.32. The minimum Gasteiger partial charge on any atom is -0.481 e. The molecule has 0 spiro atoms. The number of carbonyl (C=O) groups is 2. The van der Waals surface area contributed by atoms with E-state index in [9.17, 15) is 9.59 Å². The molecule has 1 aliphatic carbocycles. The number of aliphatic carboxylic acids is 1. The van der Waals surface area contributed by atoms with Crippen molar-refractivity contribution in [1.29, 1.82) is 0 Å². The fraction of sp³-hybridized carbons (Fsp3) is 0.333. The Hall–Kier alpha value is -2.60. The van der Waals surface area contributed by atoms with Gasteiger partial charge in [0.1, 0.15) is 5.75 Å². The highest BCUT2D eigenvalue weighted by molar-refractivity contribution is 6.05. The van der Waals surface area contributed by atoms with E-state index in [-0.39, 0.29) is 17.9 Å². The molecule has 0 saturated heterocycles. The minimum atomic E-state index is -1.03. The van der Waals surface area contributed by atoms with Crippen LogP contribution in [0, 0.1) is 5.92 Å². The van der Waals surface area contributed by atoms with E-state index in [1.807, 2.05) is 24.3 Å². The van der Waals surface area contributed by atoms with Gasteiger partial charge in [-0.1, -0.05) is 24.3 Å². The summed E-state index contributed by atoms with van der Waals surface area (Å²) in [4.78, 5) is 23.0. The van der Waals surface area contributed by atoms with Crippen molar-refractivity contribution in [2.75, 3.05) is 19.0 Å². The predicted octanol–water partition coefficient (Wildman–Crippen LogP) is 2.67. The Morgan fingerprint density at radius 2 is 1.88 bits per heavy atom. The fourth-order valence-corrected chi connectivity index (χ4v) is 2.85. The molecule has 0 aliphatic heterocycles. The van der Waals surface area contributed by atoms with Gasteiger partial charge in [-0.25, -0.2) is 4.79 Å². The number of rotatable bonds is 6. The molecular weight excluding hydrogens is 310 g/mol. The van der Waals surface area contributed by atoms with Crippen LogP contribution in [0.15, 0.2) is 36.4 Å². The summed E-state index contributed by atoms with van der Waals surface area (Å²) < 4.78 is 10.5. The summed E-state index contributed by atoms with van der Waals surface area (Å²) in [6, 6.07) is 10.8. The topological polar surface area (TPSA) is 84.9 Å². The normalized spacial score (nSPS) is 19.5. The standard InChI is InChI=1S/C18H19NO5/c1-23-12-8-11(9-12)18(22)19-15-6-7-16(24-10-17(20)21)14-5-3-2-4-13(14)15/h2-7,11-12H,8-10H2,1H3,(H,19,22)(H,20,21). The highest BCUT2D eigenvalue weighted by Crippen LogP contribution is 2.34. The van der Waals surface area contributed by atoms with Crippen LogP contribution in [-0.2, 0) is 14.3 Å². The van der Waals surface area contributed by atoms with Crippen molar-refractivity contribution < 1.29 is 24.2 Å². The van der Waals surface area contributed by atoms with Gasteiger partial charge in [-0.2, -0.15) is 0 Å². The second kappa shape index (κ2) is 6.88. The largest absolute Gasteiger partial charge is 0.481 e. The van der Waals surface area contributed by atoms with Gasteiger partial charge in [0.25, 0.3) is 0 Å². The third-order valence-electron chi connectivity index (χ3n) is 4.29. The lowest BCUT2D eigenvalue weighted by Crippen LogP contribution is -2.38. The zero-order valence-corrected chi connectivity index (χ0v) is 13.3. The molecule has 3 rings (SSSR count). The average Bonchev–Trinajstić information content (AvgIpc) is 2.53. The van der Waals surface area contributed by atoms with Crippen LogP contribution in [0.25, 0.3) is 10.8 Å². The van der Waals surface area contributed by atoms with E-state index in [0.717, 1.165) is 23.6 Å². The summed E-state index contributed by atoms with van der Waals surface area (Å²) in [5.41, 5.74) is 0.694. The molecule has 1 fully saturated rings. The summed E-state index contributed by atoms with van der Waals surface area (Å²) >= 11 is 0. The first kappa shape index (κ1) is 16.3. The molecule has 126 valence electrons. The zero-order valence-electron chi connectivity index (χ0n) is 13.3. The maximum atomic E-state index is 12.3. The molecule has 1 amide bonds. The number of hydrogen-bond acceptors (Lipinski definition) is 4.